The molecule has 0 aromatic heterocycles. The van der Waals surface area contributed by atoms with Crippen molar-refractivity contribution < 1.29 is 8.91 Å². The lowest BCUT2D eigenvalue weighted by molar-refractivity contribution is 0.478. The van der Waals surface area contributed by atoms with Gasteiger partial charge < -0.3 is 8.91 Å². The van der Waals surface area contributed by atoms with E-state index in [2.05, 4.69) is 4.12 Å². The summed E-state index contributed by atoms with van der Waals surface area (Å²) in [5, 5.41) is 0. The average Bonchev–Trinajstić information content (AvgIpc) is 1.37. The van der Waals surface area contributed by atoms with Crippen LogP contribution < -0.4 is 0 Å². The van der Waals surface area contributed by atoms with Crippen LogP contribution in [0, 0.1) is 0 Å². The minimum Gasteiger partial charge on any atom is -0.449 e. The van der Waals surface area contributed by atoms with E-state index in [4.69, 9.17) is 4.80 Å². The van der Waals surface area contributed by atoms with E-state index in [1.807, 2.05) is 0 Å². The van der Waals surface area contributed by atoms with E-state index >= 15 is 0 Å². The zero-order valence-electron chi connectivity index (χ0n) is 3.27. The van der Waals surface area contributed by atoms with Gasteiger partial charge in [0.15, 0.2) is 0 Å². The zero-order chi connectivity index (χ0) is 3.41. The molecule has 0 spiro atoms. The van der Waals surface area contributed by atoms with Crippen molar-refractivity contribution in [1.82, 2.24) is 0 Å². The van der Waals surface area contributed by atoms with Crippen LogP contribution in [-0.2, 0) is 4.12 Å². The van der Waals surface area contributed by atoms with E-state index in [-0.39, 0.29) is 9.90 Å². The Hall–Kier alpha value is 0.784. The van der Waals surface area contributed by atoms with E-state index in [1.54, 1.807) is 0 Å². The van der Waals surface area contributed by atoms with Gasteiger partial charge in [-0.15, -0.1) is 0 Å². The van der Waals surface area contributed by atoms with Crippen molar-refractivity contribution in [3.05, 3.63) is 0 Å². The second-order valence-corrected chi connectivity index (χ2v) is 2.99. The molecule has 0 bridgehead atoms. The summed E-state index contributed by atoms with van der Waals surface area (Å²) in [5.74, 6) is 0. The average molecular weight is 128 g/mol. The molecule has 0 aliphatic rings. The number of hydrogen-bond donors (Lipinski definition) is 1. The topological polar surface area (TPSA) is 29.5 Å². The SMILES string of the molecule is O[SiH2]O[SiH3].P. The Kier molecular flexibility index (Phi) is 16.3. The van der Waals surface area contributed by atoms with Gasteiger partial charge in [-0.1, -0.05) is 0 Å². The highest BCUT2D eigenvalue weighted by atomic mass is 31.0. The normalized spacial score (nSPS) is 9.00. The van der Waals surface area contributed by atoms with Crippen molar-refractivity contribution in [2.45, 2.75) is 0 Å². The molecular weight excluding hydrogens is 119 g/mol. The van der Waals surface area contributed by atoms with Gasteiger partial charge in [0.25, 0.3) is 10.0 Å². The maximum Gasteiger partial charge on any atom is 0.290 e. The Morgan fingerprint density at radius 2 is 2.00 bits per heavy atom. The molecule has 0 saturated heterocycles. The molecule has 34 valence electrons. The largest absolute Gasteiger partial charge is 0.449 e. The Morgan fingerprint density at radius 1 is 1.80 bits per heavy atom. The van der Waals surface area contributed by atoms with E-state index in [0.717, 1.165) is 0 Å². The number of rotatable bonds is 1. The molecular formula is H9O2PSi2. The van der Waals surface area contributed by atoms with Gasteiger partial charge >= 0.3 is 0 Å². The monoisotopic (exact) mass is 128 g/mol. The highest BCUT2D eigenvalue weighted by Gasteiger charge is 1.56. The third-order valence-electron chi connectivity index (χ3n) is 0.129. The van der Waals surface area contributed by atoms with Crippen molar-refractivity contribution in [2.75, 3.05) is 0 Å². The molecule has 0 aromatic carbocycles. The number of hydrogen-bond acceptors (Lipinski definition) is 2. The molecule has 0 aromatic rings. The lowest BCUT2D eigenvalue weighted by atomic mass is 15.8. The van der Waals surface area contributed by atoms with Crippen LogP contribution in [0.3, 0.4) is 0 Å². The van der Waals surface area contributed by atoms with Crippen molar-refractivity contribution in [3.63, 3.8) is 0 Å². The van der Waals surface area contributed by atoms with Crippen LogP contribution in [0.25, 0.3) is 0 Å². The van der Waals surface area contributed by atoms with Crippen LogP contribution in [0.1, 0.15) is 0 Å². The van der Waals surface area contributed by atoms with Crippen molar-refractivity contribution >= 4 is 30.4 Å². The predicted molar refractivity (Wildman–Crippen MR) is 32.9 cm³/mol. The van der Waals surface area contributed by atoms with E-state index in [1.165, 1.54) is 0 Å². The summed E-state index contributed by atoms with van der Waals surface area (Å²) in [4.78, 5) is 7.83. The van der Waals surface area contributed by atoms with E-state index in [9.17, 15) is 0 Å². The Labute approximate surface area is 40.1 Å². The van der Waals surface area contributed by atoms with Gasteiger partial charge in [0.1, 0.15) is 10.5 Å². The maximum absolute atomic E-state index is 7.83. The minimum atomic E-state index is -1.01. The molecule has 1 atom stereocenters. The highest BCUT2D eigenvalue weighted by molar-refractivity contribution is 6.92. The van der Waals surface area contributed by atoms with Crippen LogP contribution in [0.5, 0.6) is 0 Å². The zero-order valence-corrected chi connectivity index (χ0v) is 8.10. The third kappa shape index (κ3) is 11.7. The van der Waals surface area contributed by atoms with Gasteiger partial charge in [0, 0.05) is 0 Å². The fourth-order valence-electron chi connectivity index (χ4n) is 0. The summed E-state index contributed by atoms with van der Waals surface area (Å²) in [6, 6.07) is 0. The highest BCUT2D eigenvalue weighted by Crippen LogP contribution is 1.37. The quantitative estimate of drug-likeness (QED) is 0.308. The molecule has 0 heterocycles. The summed E-state index contributed by atoms with van der Waals surface area (Å²) in [7, 11) is -0.312. The lowest BCUT2D eigenvalue weighted by Crippen LogP contribution is -1.88. The first-order valence-corrected chi connectivity index (χ1v) is 3.04. The van der Waals surface area contributed by atoms with Crippen LogP contribution in [0.4, 0.5) is 0 Å². The van der Waals surface area contributed by atoms with E-state index < -0.39 is 10.0 Å². The molecule has 0 saturated carbocycles. The van der Waals surface area contributed by atoms with Gasteiger partial charge in [-0.2, -0.15) is 9.90 Å². The Bertz CT molecular complexity index is 9.61. The molecule has 0 aliphatic carbocycles. The second-order valence-electron chi connectivity index (χ2n) is 0.418. The Balaban J connectivity index is 0. The molecule has 0 fully saturated rings. The molecule has 1 N–H and O–H groups in total. The van der Waals surface area contributed by atoms with E-state index in [0.29, 0.717) is 10.5 Å². The molecule has 5 heavy (non-hydrogen) atoms. The molecule has 0 rings (SSSR count). The minimum absolute atomic E-state index is 0. The lowest BCUT2D eigenvalue weighted by Gasteiger charge is -1.75. The van der Waals surface area contributed by atoms with Crippen molar-refractivity contribution in [1.29, 1.82) is 0 Å². The maximum atomic E-state index is 7.83. The van der Waals surface area contributed by atoms with Gasteiger partial charge in [0.2, 0.25) is 0 Å². The summed E-state index contributed by atoms with van der Waals surface area (Å²) in [6.45, 7) is 0. The van der Waals surface area contributed by atoms with Gasteiger partial charge in [-0.25, -0.2) is 0 Å². The van der Waals surface area contributed by atoms with Gasteiger partial charge in [-0.3, -0.25) is 0 Å². The predicted octanol–water partition coefficient (Wildman–Crippen LogP) is -2.67. The molecule has 0 radical (unpaired) electrons. The van der Waals surface area contributed by atoms with Crippen molar-refractivity contribution in [2.24, 2.45) is 0 Å². The molecule has 1 unspecified atom stereocenters. The van der Waals surface area contributed by atoms with Crippen LogP contribution in [-0.4, -0.2) is 25.3 Å². The second kappa shape index (κ2) is 8.84. The van der Waals surface area contributed by atoms with Crippen LogP contribution >= 0.6 is 9.90 Å². The summed E-state index contributed by atoms with van der Waals surface area (Å²) in [5.41, 5.74) is 0. The smallest absolute Gasteiger partial charge is 0.290 e. The standard InChI is InChI=1S/H6O2Si2.H3P/c1-4-2-3;/h1H,4H2,3H3;1H3. The van der Waals surface area contributed by atoms with Crippen molar-refractivity contribution in [3.8, 4) is 0 Å². The fourth-order valence-corrected chi connectivity index (χ4v) is 0. The summed E-state index contributed by atoms with van der Waals surface area (Å²) in [6.07, 6.45) is 0. The first-order chi connectivity index (χ1) is 1.91. The molecule has 2 nitrogen and oxygen atoms in total. The summed E-state index contributed by atoms with van der Waals surface area (Å²) >= 11 is 0. The molecule has 0 amide bonds. The third-order valence-corrected chi connectivity index (χ3v) is 1.16. The molecule has 5 heteroatoms. The van der Waals surface area contributed by atoms with Gasteiger partial charge in [-0.05, 0) is 0 Å². The first kappa shape index (κ1) is 9.24. The summed E-state index contributed by atoms with van der Waals surface area (Å²) < 4.78 is 4.38. The first-order valence-electron chi connectivity index (χ1n) is 1.01. The van der Waals surface area contributed by atoms with Crippen LogP contribution in [0.15, 0.2) is 0 Å². The van der Waals surface area contributed by atoms with Crippen LogP contribution in [0.2, 0.25) is 0 Å². The fraction of sp³-hybridized carbons (Fsp3) is 0. The molecule has 0 aliphatic heterocycles. The Morgan fingerprint density at radius 3 is 2.00 bits per heavy atom. The van der Waals surface area contributed by atoms with Gasteiger partial charge in [0.05, 0.1) is 0 Å².